The lowest BCUT2D eigenvalue weighted by Crippen LogP contribution is -2.46. The molecule has 0 bridgehead atoms. The molecular weight excluding hydrogens is 417 g/mol. The Bertz CT molecular complexity index is 1110. The fourth-order valence-electron chi connectivity index (χ4n) is 4.05. The van der Waals surface area contributed by atoms with Crippen LogP contribution in [-0.4, -0.2) is 74.5 Å². The first-order chi connectivity index (χ1) is 15.3. The van der Waals surface area contributed by atoms with Gasteiger partial charge in [-0.3, -0.25) is 14.5 Å². The number of rotatable bonds is 3. The van der Waals surface area contributed by atoms with Crippen molar-refractivity contribution < 1.29 is 19.1 Å². The quantitative estimate of drug-likeness (QED) is 0.738. The Hall–Kier alpha value is -3.49. The van der Waals surface area contributed by atoms with Gasteiger partial charge >= 0.3 is 6.03 Å². The maximum Gasteiger partial charge on any atom is 0.322 e. The van der Waals surface area contributed by atoms with Crippen LogP contribution in [0.4, 0.5) is 14.9 Å². The second kappa shape index (κ2) is 8.57. The molecule has 0 radical (unpaired) electrons. The molecule has 2 aromatic rings. The van der Waals surface area contributed by atoms with Gasteiger partial charge in [0.25, 0.3) is 5.91 Å². The second-order valence-corrected chi connectivity index (χ2v) is 8.00. The summed E-state index contributed by atoms with van der Waals surface area (Å²) in [5.41, 5.74) is 2.11. The van der Waals surface area contributed by atoms with E-state index in [0.717, 1.165) is 11.8 Å². The van der Waals surface area contributed by atoms with E-state index in [1.165, 1.54) is 17.1 Å². The molecule has 0 aliphatic carbocycles. The zero-order valence-corrected chi connectivity index (χ0v) is 17.9. The molecule has 32 heavy (non-hydrogen) atoms. The third kappa shape index (κ3) is 4.02. The van der Waals surface area contributed by atoms with E-state index < -0.39 is 18.0 Å². The molecule has 2 aliphatic rings. The monoisotopic (exact) mass is 441 g/mol. The Morgan fingerprint density at radius 3 is 2.88 bits per heavy atom. The van der Waals surface area contributed by atoms with Crippen molar-refractivity contribution in [3.8, 4) is 6.07 Å². The van der Waals surface area contributed by atoms with E-state index in [4.69, 9.17) is 5.26 Å². The molecule has 0 spiro atoms. The normalized spacial score (nSPS) is 17.3. The molecule has 168 valence electrons. The van der Waals surface area contributed by atoms with Crippen LogP contribution in [0.2, 0.25) is 0 Å². The Labute approximate surface area is 184 Å². The summed E-state index contributed by atoms with van der Waals surface area (Å²) in [6, 6.07) is 5.15. The predicted molar refractivity (Wildman–Crippen MR) is 112 cm³/mol. The summed E-state index contributed by atoms with van der Waals surface area (Å²) in [6.07, 6.45) is -0.0823. The van der Waals surface area contributed by atoms with Gasteiger partial charge in [0, 0.05) is 44.4 Å². The topological polar surface area (TPSA) is 118 Å². The molecule has 3 amide bonds. The van der Waals surface area contributed by atoms with Crippen molar-refractivity contribution >= 4 is 17.6 Å². The van der Waals surface area contributed by atoms with Crippen molar-refractivity contribution in [3.05, 3.63) is 46.5 Å². The molecule has 10 nitrogen and oxygen atoms in total. The molecule has 0 saturated heterocycles. The number of β-amino-alcohol motifs (C(OH)–C–C–N with tert-alkyl or cyclic N) is 1. The average Bonchev–Trinajstić information content (AvgIpc) is 3.09. The fraction of sp³-hybridized carbons (Fsp3) is 0.429. The maximum absolute atomic E-state index is 13.5. The van der Waals surface area contributed by atoms with Crippen molar-refractivity contribution in [2.24, 2.45) is 0 Å². The molecule has 3 heterocycles. The molecular formula is C21H24FN7O3. The van der Waals surface area contributed by atoms with Gasteiger partial charge in [0.05, 0.1) is 30.5 Å². The highest BCUT2D eigenvalue weighted by atomic mass is 19.1. The Morgan fingerprint density at radius 1 is 1.38 bits per heavy atom. The van der Waals surface area contributed by atoms with E-state index in [1.807, 2.05) is 0 Å². The lowest BCUT2D eigenvalue weighted by molar-refractivity contribution is -0.0143. The number of nitrogens with zero attached hydrogens (tertiary/aromatic N) is 6. The van der Waals surface area contributed by atoms with E-state index in [-0.39, 0.29) is 18.0 Å². The zero-order chi connectivity index (χ0) is 23.0. The van der Waals surface area contributed by atoms with Crippen LogP contribution < -0.4 is 5.32 Å². The minimum atomic E-state index is -0.650. The average molecular weight is 441 g/mol. The van der Waals surface area contributed by atoms with Crippen LogP contribution in [0.15, 0.2) is 18.2 Å². The number of aromatic nitrogens is 2. The zero-order valence-electron chi connectivity index (χ0n) is 17.9. The lowest BCUT2D eigenvalue weighted by atomic mass is 10.1. The minimum absolute atomic E-state index is 0.152. The molecule has 11 heteroatoms. The van der Waals surface area contributed by atoms with Crippen molar-refractivity contribution in [1.29, 1.82) is 5.26 Å². The number of anilines is 1. The van der Waals surface area contributed by atoms with E-state index >= 15 is 0 Å². The number of benzene rings is 1. The highest BCUT2D eigenvalue weighted by Gasteiger charge is 2.35. The van der Waals surface area contributed by atoms with Crippen molar-refractivity contribution in [3.63, 3.8) is 0 Å². The summed E-state index contributed by atoms with van der Waals surface area (Å²) in [4.78, 5) is 27.6. The highest BCUT2D eigenvalue weighted by molar-refractivity contribution is 5.95. The molecule has 1 unspecified atom stereocenters. The Morgan fingerprint density at radius 2 is 2.16 bits per heavy atom. The number of amides is 3. The second-order valence-electron chi connectivity index (χ2n) is 8.00. The van der Waals surface area contributed by atoms with Gasteiger partial charge in [-0.05, 0) is 25.1 Å². The number of hydrogen-bond donors (Lipinski definition) is 2. The number of hydrogen-bond acceptors (Lipinski definition) is 6. The smallest absolute Gasteiger partial charge is 0.322 e. The summed E-state index contributed by atoms with van der Waals surface area (Å²) in [6.45, 7) is 3.63. The van der Waals surface area contributed by atoms with Crippen molar-refractivity contribution in [1.82, 2.24) is 24.7 Å². The van der Waals surface area contributed by atoms with Crippen LogP contribution in [0, 0.1) is 17.1 Å². The number of hydrazine groups is 1. The van der Waals surface area contributed by atoms with Crippen molar-refractivity contribution in [2.45, 2.75) is 32.5 Å². The number of aliphatic hydroxyl groups excluding tert-OH is 1. The summed E-state index contributed by atoms with van der Waals surface area (Å²) in [5, 5.41) is 29.3. The number of nitriles is 1. The summed E-state index contributed by atoms with van der Waals surface area (Å²) in [5.74, 6) is -0.890. The van der Waals surface area contributed by atoms with Crippen LogP contribution in [0.5, 0.6) is 0 Å². The molecule has 1 atom stereocenters. The lowest BCUT2D eigenvalue weighted by Gasteiger charge is -2.31. The molecule has 4 rings (SSSR count). The van der Waals surface area contributed by atoms with Crippen LogP contribution in [0.25, 0.3) is 0 Å². The molecule has 2 N–H and O–H groups in total. The first-order valence-electron chi connectivity index (χ1n) is 10.3. The largest absolute Gasteiger partial charge is 0.392 e. The summed E-state index contributed by atoms with van der Waals surface area (Å²) in [7, 11) is 1.66. The number of carbonyl (C=O) groups excluding carboxylic acids is 2. The minimum Gasteiger partial charge on any atom is -0.392 e. The van der Waals surface area contributed by atoms with E-state index in [2.05, 4.69) is 10.4 Å². The molecule has 2 aliphatic heterocycles. The Kier molecular flexibility index (Phi) is 5.82. The summed E-state index contributed by atoms with van der Waals surface area (Å²) >= 11 is 0. The summed E-state index contributed by atoms with van der Waals surface area (Å²) < 4.78 is 15.2. The van der Waals surface area contributed by atoms with E-state index in [1.54, 1.807) is 34.6 Å². The van der Waals surface area contributed by atoms with Gasteiger partial charge in [0.15, 0.2) is 0 Å². The highest BCUT2D eigenvalue weighted by Crippen LogP contribution is 2.26. The van der Waals surface area contributed by atoms with Crippen LogP contribution in [-0.2, 0) is 19.5 Å². The standard InChI is InChI=1S/C21H24FN7O3/c1-13(30)11-28-7-8-29-19(20(31)26(28)2)16-12-27(6-5-18(16)25-29)21(32)24-15-3-4-17(22)14(9-15)10-23/h3-4,9,13,30H,5-8,11-12H2,1-2H3,(H,24,32). The first-order valence-corrected chi connectivity index (χ1v) is 10.3. The van der Waals surface area contributed by atoms with Gasteiger partial charge in [-0.2, -0.15) is 10.4 Å². The van der Waals surface area contributed by atoms with Gasteiger partial charge in [-0.15, -0.1) is 0 Å². The van der Waals surface area contributed by atoms with Gasteiger partial charge in [-0.1, -0.05) is 0 Å². The number of halogens is 1. The van der Waals surface area contributed by atoms with Crippen LogP contribution >= 0.6 is 0 Å². The first kappa shape index (κ1) is 21.7. The van der Waals surface area contributed by atoms with Crippen LogP contribution in [0.3, 0.4) is 0 Å². The van der Waals surface area contributed by atoms with Gasteiger partial charge in [0.2, 0.25) is 0 Å². The fourth-order valence-corrected chi connectivity index (χ4v) is 4.05. The number of urea groups is 1. The number of nitrogens with one attached hydrogen (secondary N) is 1. The maximum atomic E-state index is 13.5. The van der Waals surface area contributed by atoms with E-state index in [0.29, 0.717) is 49.5 Å². The third-order valence-corrected chi connectivity index (χ3v) is 5.69. The Balaban J connectivity index is 1.54. The van der Waals surface area contributed by atoms with Gasteiger partial charge in [-0.25, -0.2) is 14.2 Å². The predicted octanol–water partition coefficient (Wildman–Crippen LogP) is 1.17. The molecule has 0 saturated carbocycles. The van der Waals surface area contributed by atoms with Gasteiger partial charge < -0.3 is 15.3 Å². The third-order valence-electron chi connectivity index (χ3n) is 5.69. The molecule has 1 aromatic carbocycles. The molecule has 0 fully saturated rings. The SMILES string of the molecule is CC(O)CN1CCn2nc3c(c2C(=O)N1C)CN(C(=O)Nc1ccc(F)c(C#N)c1)CC3. The van der Waals surface area contributed by atoms with E-state index in [9.17, 15) is 19.1 Å². The van der Waals surface area contributed by atoms with Crippen LogP contribution in [0.1, 0.15) is 34.2 Å². The number of carbonyl (C=O) groups is 2. The van der Waals surface area contributed by atoms with Crippen molar-refractivity contribution in [2.75, 3.05) is 32.0 Å². The number of fused-ring (bicyclic) bond motifs is 3. The van der Waals surface area contributed by atoms with Gasteiger partial charge in [0.1, 0.15) is 17.6 Å². The number of aliphatic hydroxyl groups is 1. The molecule has 1 aromatic heterocycles.